The first kappa shape index (κ1) is 46.9. The molecule has 0 heterocycles. The van der Waals surface area contributed by atoms with Crippen molar-refractivity contribution in [2.24, 2.45) is 0 Å². The predicted octanol–water partition coefficient (Wildman–Crippen LogP) is 20.6. The first-order valence-corrected chi connectivity index (χ1v) is 25.8. The van der Waals surface area contributed by atoms with Crippen LogP contribution in [-0.4, -0.2) is 0 Å². The van der Waals surface area contributed by atoms with E-state index in [0.717, 1.165) is 73.8 Å². The summed E-state index contributed by atoms with van der Waals surface area (Å²) in [6.07, 6.45) is 0. The molecule has 12 rings (SSSR count). The molecule has 0 N–H and O–H groups in total. The molecule has 0 atom stereocenters. The van der Waals surface area contributed by atoms with Gasteiger partial charge >= 0.3 is 0 Å². The molecule has 0 unspecified atom stereocenters. The van der Waals surface area contributed by atoms with Crippen LogP contribution in [0.25, 0.3) is 33.4 Å². The molecule has 0 saturated heterocycles. The van der Waals surface area contributed by atoms with E-state index in [1.165, 1.54) is 27.8 Å². The second kappa shape index (κ2) is 21.9. The lowest BCUT2D eigenvalue weighted by molar-refractivity contribution is 1.24. The predicted molar refractivity (Wildman–Crippen MR) is 321 cm³/mol. The number of rotatable bonds is 15. The third-order valence-electron chi connectivity index (χ3n) is 13.8. The molecule has 12 aromatic carbocycles. The van der Waals surface area contributed by atoms with Crippen LogP contribution < -0.4 is 19.6 Å². The number of para-hydroxylation sites is 5. The van der Waals surface area contributed by atoms with E-state index in [4.69, 9.17) is 0 Å². The first-order chi connectivity index (χ1) is 37.7. The summed E-state index contributed by atoms with van der Waals surface area (Å²) in [4.78, 5) is 9.26. The van der Waals surface area contributed by atoms with Gasteiger partial charge in [0, 0.05) is 68.2 Å². The molecular weight excluding hydrogens is 921 g/mol. The molecule has 4 nitrogen and oxygen atoms in total. The summed E-state index contributed by atoms with van der Waals surface area (Å²) >= 11 is 0. The summed E-state index contributed by atoms with van der Waals surface area (Å²) in [5, 5.41) is 0. The van der Waals surface area contributed by atoms with Crippen molar-refractivity contribution < 1.29 is 0 Å². The van der Waals surface area contributed by atoms with E-state index in [-0.39, 0.29) is 0 Å². The Morgan fingerprint density at radius 3 is 0.408 bits per heavy atom. The van der Waals surface area contributed by atoms with Crippen molar-refractivity contribution in [2.45, 2.75) is 0 Å². The Balaban J connectivity index is 0.880. The smallest absolute Gasteiger partial charge is 0.0463 e. The van der Waals surface area contributed by atoms with Crippen molar-refractivity contribution in [1.29, 1.82) is 0 Å². The van der Waals surface area contributed by atoms with E-state index in [0.29, 0.717) is 0 Å². The van der Waals surface area contributed by atoms with Crippen molar-refractivity contribution in [3.8, 4) is 33.4 Å². The molecule has 0 bridgehead atoms. The molecular formula is C72H54N4. The van der Waals surface area contributed by atoms with Gasteiger partial charge < -0.3 is 19.6 Å². The van der Waals surface area contributed by atoms with Gasteiger partial charge in [0.1, 0.15) is 0 Å². The maximum atomic E-state index is 2.35. The Morgan fingerprint density at radius 1 is 0.105 bits per heavy atom. The standard InChI is InChI=1S/C72H54N4/c1-7-19-55(20-8-1)56-31-33-57(34-32-56)58-35-37-59(38-36-58)60-39-41-66(42-40-60)76(71-51-45-68(46-52-71)74(63-25-13-4-14-26-63)64-27-15-5-16-28-64)72-53-49-70(50-54-72)75(65-29-17-6-18-30-65)69-47-43-67(44-48-69)73(61-21-9-2-10-22-61)62-23-11-3-12-24-62/h1-54H. The Kier molecular flexibility index (Phi) is 13.5. The van der Waals surface area contributed by atoms with E-state index in [9.17, 15) is 0 Å². The highest BCUT2D eigenvalue weighted by Gasteiger charge is 2.20. The second-order valence-electron chi connectivity index (χ2n) is 18.6. The fraction of sp³-hybridized carbons (Fsp3) is 0. The van der Waals surface area contributed by atoms with Crippen LogP contribution in [0.5, 0.6) is 0 Å². The zero-order valence-corrected chi connectivity index (χ0v) is 42.0. The van der Waals surface area contributed by atoms with Gasteiger partial charge in [-0.2, -0.15) is 0 Å². The van der Waals surface area contributed by atoms with Crippen LogP contribution in [0.3, 0.4) is 0 Å². The van der Waals surface area contributed by atoms with Crippen LogP contribution in [0.15, 0.2) is 328 Å². The summed E-state index contributed by atoms with van der Waals surface area (Å²) in [7, 11) is 0. The van der Waals surface area contributed by atoms with Gasteiger partial charge in [-0.25, -0.2) is 0 Å². The molecule has 12 aromatic rings. The first-order valence-electron chi connectivity index (χ1n) is 25.8. The highest BCUT2D eigenvalue weighted by molar-refractivity contribution is 5.86. The molecule has 0 aliphatic heterocycles. The van der Waals surface area contributed by atoms with Gasteiger partial charge in [0.15, 0.2) is 0 Å². The summed E-state index contributed by atoms with van der Waals surface area (Å²) < 4.78 is 0. The van der Waals surface area contributed by atoms with Crippen molar-refractivity contribution >= 4 is 68.2 Å². The lowest BCUT2D eigenvalue weighted by Gasteiger charge is -2.30. The minimum Gasteiger partial charge on any atom is -0.311 e. The highest BCUT2D eigenvalue weighted by Crippen LogP contribution is 2.43. The van der Waals surface area contributed by atoms with E-state index < -0.39 is 0 Å². The average molecular weight is 975 g/mol. The lowest BCUT2D eigenvalue weighted by atomic mass is 9.98. The number of hydrogen-bond donors (Lipinski definition) is 0. The number of hydrogen-bond acceptors (Lipinski definition) is 4. The Bertz CT molecular complexity index is 3650. The van der Waals surface area contributed by atoms with Crippen LogP contribution >= 0.6 is 0 Å². The van der Waals surface area contributed by atoms with E-state index >= 15 is 0 Å². The van der Waals surface area contributed by atoms with Gasteiger partial charge in [-0.05, 0) is 179 Å². The molecule has 0 saturated carbocycles. The molecule has 0 aliphatic carbocycles. The van der Waals surface area contributed by atoms with Gasteiger partial charge in [-0.15, -0.1) is 0 Å². The van der Waals surface area contributed by atoms with Gasteiger partial charge in [0.25, 0.3) is 0 Å². The van der Waals surface area contributed by atoms with Crippen LogP contribution in [0.1, 0.15) is 0 Å². The van der Waals surface area contributed by atoms with Crippen molar-refractivity contribution in [3.63, 3.8) is 0 Å². The fourth-order valence-electron chi connectivity index (χ4n) is 10.1. The molecule has 4 heteroatoms. The normalized spacial score (nSPS) is 10.9. The molecule has 0 fully saturated rings. The highest BCUT2D eigenvalue weighted by atomic mass is 15.2. The monoisotopic (exact) mass is 974 g/mol. The summed E-state index contributed by atoms with van der Waals surface area (Å²) in [6, 6.07) is 117. The average Bonchev–Trinajstić information content (AvgIpc) is 3.52. The van der Waals surface area contributed by atoms with E-state index in [1.54, 1.807) is 0 Å². The maximum Gasteiger partial charge on any atom is 0.0463 e. The Hall–Kier alpha value is -10.2. The maximum absolute atomic E-state index is 2.35. The van der Waals surface area contributed by atoms with Gasteiger partial charge in [-0.1, -0.05) is 182 Å². The van der Waals surface area contributed by atoms with Gasteiger partial charge in [-0.3, -0.25) is 0 Å². The zero-order valence-electron chi connectivity index (χ0n) is 42.0. The number of benzene rings is 12. The summed E-state index contributed by atoms with van der Waals surface area (Å²) in [5.74, 6) is 0. The largest absolute Gasteiger partial charge is 0.311 e. The van der Waals surface area contributed by atoms with E-state index in [1.807, 2.05) is 0 Å². The third kappa shape index (κ3) is 10.1. The summed E-state index contributed by atoms with van der Waals surface area (Å²) in [6.45, 7) is 0. The Labute approximate surface area is 446 Å². The number of anilines is 12. The molecule has 362 valence electrons. The third-order valence-corrected chi connectivity index (χ3v) is 13.8. The van der Waals surface area contributed by atoms with Gasteiger partial charge in [0.05, 0.1) is 0 Å². The zero-order chi connectivity index (χ0) is 50.9. The van der Waals surface area contributed by atoms with Crippen molar-refractivity contribution in [3.05, 3.63) is 328 Å². The fourth-order valence-corrected chi connectivity index (χ4v) is 10.1. The van der Waals surface area contributed by atoms with Gasteiger partial charge in [0.2, 0.25) is 0 Å². The van der Waals surface area contributed by atoms with Crippen LogP contribution in [0.2, 0.25) is 0 Å². The SMILES string of the molecule is c1ccc(-c2ccc(-c3ccc(-c4ccc(N(c5ccc(N(c6ccccc6)c6ccccc6)cc5)c5ccc(N(c6ccccc6)c6ccc(N(c7ccccc7)c7ccccc7)cc6)cc5)cc4)cc3)cc2)cc1. The van der Waals surface area contributed by atoms with Crippen molar-refractivity contribution in [1.82, 2.24) is 0 Å². The molecule has 0 spiro atoms. The van der Waals surface area contributed by atoms with Crippen LogP contribution in [0.4, 0.5) is 68.2 Å². The molecule has 76 heavy (non-hydrogen) atoms. The van der Waals surface area contributed by atoms with E-state index in [2.05, 4.69) is 347 Å². The van der Waals surface area contributed by atoms with Crippen molar-refractivity contribution in [2.75, 3.05) is 19.6 Å². The molecule has 0 aliphatic rings. The molecule has 0 radical (unpaired) electrons. The van der Waals surface area contributed by atoms with Crippen LogP contribution in [0, 0.1) is 0 Å². The summed E-state index contributed by atoms with van der Waals surface area (Å²) in [5.41, 5.74) is 20.0. The Morgan fingerprint density at radius 2 is 0.224 bits per heavy atom. The lowest BCUT2D eigenvalue weighted by Crippen LogP contribution is -2.13. The van der Waals surface area contributed by atoms with Crippen LogP contribution in [-0.2, 0) is 0 Å². The quantitative estimate of drug-likeness (QED) is 0.101. The molecule has 0 aromatic heterocycles. The number of nitrogens with zero attached hydrogens (tertiary/aromatic N) is 4. The second-order valence-corrected chi connectivity index (χ2v) is 18.6. The minimum absolute atomic E-state index is 1.04. The topological polar surface area (TPSA) is 13.0 Å². The minimum atomic E-state index is 1.04. The molecule has 0 amide bonds.